The highest BCUT2D eigenvalue weighted by atomic mass is 19.1. The SMILES string of the molecule is CCCNC(COC(C)C)c1ncccc1F. The van der Waals surface area contributed by atoms with Crippen LogP contribution in [0.3, 0.4) is 0 Å². The van der Waals surface area contributed by atoms with Crippen LogP contribution in [-0.4, -0.2) is 24.2 Å². The van der Waals surface area contributed by atoms with E-state index in [-0.39, 0.29) is 18.0 Å². The molecular formula is C13H21FN2O. The maximum Gasteiger partial charge on any atom is 0.146 e. The van der Waals surface area contributed by atoms with Gasteiger partial charge in [0.1, 0.15) is 5.82 Å². The summed E-state index contributed by atoms with van der Waals surface area (Å²) >= 11 is 0. The van der Waals surface area contributed by atoms with E-state index >= 15 is 0 Å². The first-order chi connectivity index (χ1) is 8.15. The van der Waals surface area contributed by atoms with Crippen LogP contribution in [0.4, 0.5) is 4.39 Å². The molecule has 0 aliphatic rings. The predicted molar refractivity (Wildman–Crippen MR) is 66.3 cm³/mol. The predicted octanol–water partition coefficient (Wildman–Crippen LogP) is 2.69. The summed E-state index contributed by atoms with van der Waals surface area (Å²) in [4.78, 5) is 4.09. The Hall–Kier alpha value is -1.00. The number of ether oxygens (including phenoxy) is 1. The lowest BCUT2D eigenvalue weighted by Crippen LogP contribution is -2.29. The van der Waals surface area contributed by atoms with Crippen molar-refractivity contribution in [2.75, 3.05) is 13.2 Å². The molecular weight excluding hydrogens is 219 g/mol. The summed E-state index contributed by atoms with van der Waals surface area (Å²) in [7, 11) is 0. The lowest BCUT2D eigenvalue weighted by molar-refractivity contribution is 0.0595. The molecule has 0 aliphatic heterocycles. The van der Waals surface area contributed by atoms with Gasteiger partial charge in [0, 0.05) is 6.20 Å². The molecule has 0 amide bonds. The van der Waals surface area contributed by atoms with Crippen LogP contribution in [0.2, 0.25) is 0 Å². The van der Waals surface area contributed by atoms with Crippen LogP contribution >= 0.6 is 0 Å². The summed E-state index contributed by atoms with van der Waals surface area (Å²) in [5.74, 6) is -0.284. The van der Waals surface area contributed by atoms with Gasteiger partial charge in [-0.25, -0.2) is 4.39 Å². The molecule has 1 aromatic heterocycles. The van der Waals surface area contributed by atoms with Crippen LogP contribution in [0.25, 0.3) is 0 Å². The summed E-state index contributed by atoms with van der Waals surface area (Å²) < 4.78 is 19.2. The molecule has 96 valence electrons. The zero-order valence-electron chi connectivity index (χ0n) is 10.7. The van der Waals surface area contributed by atoms with E-state index in [2.05, 4.69) is 17.2 Å². The fraction of sp³-hybridized carbons (Fsp3) is 0.615. The van der Waals surface area contributed by atoms with Crippen molar-refractivity contribution in [1.82, 2.24) is 10.3 Å². The van der Waals surface area contributed by atoms with Crippen molar-refractivity contribution < 1.29 is 9.13 Å². The van der Waals surface area contributed by atoms with Gasteiger partial charge in [-0.15, -0.1) is 0 Å². The molecule has 1 heterocycles. The molecule has 1 unspecified atom stereocenters. The first-order valence-corrected chi connectivity index (χ1v) is 6.10. The summed E-state index contributed by atoms with van der Waals surface area (Å²) in [6.45, 7) is 7.26. The minimum Gasteiger partial charge on any atom is -0.377 e. The first-order valence-electron chi connectivity index (χ1n) is 6.10. The van der Waals surface area contributed by atoms with Crippen molar-refractivity contribution in [3.63, 3.8) is 0 Å². The van der Waals surface area contributed by atoms with Crippen molar-refractivity contribution in [3.05, 3.63) is 29.8 Å². The Balaban J connectivity index is 2.71. The molecule has 1 rings (SSSR count). The van der Waals surface area contributed by atoms with Gasteiger partial charge in [0.15, 0.2) is 0 Å². The van der Waals surface area contributed by atoms with Crippen molar-refractivity contribution in [2.45, 2.75) is 39.3 Å². The third kappa shape index (κ3) is 4.79. The van der Waals surface area contributed by atoms with E-state index < -0.39 is 0 Å². The normalized spacial score (nSPS) is 13.0. The maximum absolute atomic E-state index is 13.6. The standard InChI is InChI=1S/C13H21FN2O/c1-4-7-15-12(9-17-10(2)3)13-11(14)6-5-8-16-13/h5-6,8,10,12,15H,4,7,9H2,1-3H3. The first kappa shape index (κ1) is 14.1. The van der Waals surface area contributed by atoms with Gasteiger partial charge >= 0.3 is 0 Å². The van der Waals surface area contributed by atoms with Gasteiger partial charge in [-0.3, -0.25) is 4.98 Å². The Morgan fingerprint density at radius 1 is 1.47 bits per heavy atom. The van der Waals surface area contributed by atoms with Crippen LogP contribution in [0.5, 0.6) is 0 Å². The van der Waals surface area contributed by atoms with Crippen LogP contribution in [0.1, 0.15) is 38.9 Å². The Bertz CT molecular complexity index is 331. The lowest BCUT2D eigenvalue weighted by atomic mass is 10.2. The van der Waals surface area contributed by atoms with Crippen molar-refractivity contribution in [3.8, 4) is 0 Å². The minimum absolute atomic E-state index is 0.132. The second-order valence-electron chi connectivity index (χ2n) is 4.26. The van der Waals surface area contributed by atoms with E-state index in [1.165, 1.54) is 6.07 Å². The Morgan fingerprint density at radius 2 is 2.24 bits per heavy atom. The minimum atomic E-state index is -0.284. The molecule has 0 fully saturated rings. The number of halogens is 1. The van der Waals surface area contributed by atoms with Crippen molar-refractivity contribution in [2.24, 2.45) is 0 Å². The molecule has 0 aliphatic carbocycles. The van der Waals surface area contributed by atoms with Crippen LogP contribution in [0.15, 0.2) is 18.3 Å². The van der Waals surface area contributed by atoms with Gasteiger partial charge in [-0.05, 0) is 38.9 Å². The second kappa shape index (κ2) is 7.35. The summed E-state index contributed by atoms with van der Waals surface area (Å²) in [6, 6.07) is 2.84. The van der Waals surface area contributed by atoms with E-state index in [0.29, 0.717) is 12.3 Å². The highest BCUT2D eigenvalue weighted by Crippen LogP contribution is 2.15. The van der Waals surface area contributed by atoms with Crippen molar-refractivity contribution >= 4 is 0 Å². The van der Waals surface area contributed by atoms with E-state index in [1.54, 1.807) is 12.3 Å². The molecule has 3 nitrogen and oxygen atoms in total. The van der Waals surface area contributed by atoms with Gasteiger partial charge in [0.25, 0.3) is 0 Å². The summed E-state index contributed by atoms with van der Waals surface area (Å²) in [6.07, 6.45) is 2.73. The molecule has 0 saturated carbocycles. The molecule has 1 aromatic rings. The van der Waals surface area contributed by atoms with E-state index in [0.717, 1.165) is 13.0 Å². The smallest absolute Gasteiger partial charge is 0.146 e. The van der Waals surface area contributed by atoms with Gasteiger partial charge in [0.2, 0.25) is 0 Å². The van der Waals surface area contributed by atoms with Crippen LogP contribution in [-0.2, 0) is 4.74 Å². The monoisotopic (exact) mass is 240 g/mol. The van der Waals surface area contributed by atoms with E-state index in [9.17, 15) is 4.39 Å². The molecule has 0 aromatic carbocycles. The Kier molecular flexibility index (Phi) is 6.08. The van der Waals surface area contributed by atoms with E-state index in [1.807, 2.05) is 13.8 Å². The fourth-order valence-electron chi connectivity index (χ4n) is 1.50. The van der Waals surface area contributed by atoms with E-state index in [4.69, 9.17) is 4.74 Å². The number of hydrogen-bond donors (Lipinski definition) is 1. The van der Waals surface area contributed by atoms with Gasteiger partial charge in [0.05, 0.1) is 24.4 Å². The molecule has 1 atom stereocenters. The van der Waals surface area contributed by atoms with Crippen LogP contribution < -0.4 is 5.32 Å². The zero-order valence-corrected chi connectivity index (χ0v) is 10.7. The Morgan fingerprint density at radius 3 is 2.82 bits per heavy atom. The molecule has 0 radical (unpaired) electrons. The molecule has 0 saturated heterocycles. The third-order valence-electron chi connectivity index (χ3n) is 2.35. The fourth-order valence-corrected chi connectivity index (χ4v) is 1.50. The highest BCUT2D eigenvalue weighted by molar-refractivity contribution is 5.11. The Labute approximate surface area is 102 Å². The molecule has 0 bridgehead atoms. The topological polar surface area (TPSA) is 34.1 Å². The quantitative estimate of drug-likeness (QED) is 0.795. The summed E-state index contributed by atoms with van der Waals surface area (Å²) in [5, 5.41) is 3.25. The second-order valence-corrected chi connectivity index (χ2v) is 4.26. The summed E-state index contributed by atoms with van der Waals surface area (Å²) in [5.41, 5.74) is 0.432. The van der Waals surface area contributed by atoms with Crippen molar-refractivity contribution in [1.29, 1.82) is 0 Å². The molecule has 4 heteroatoms. The van der Waals surface area contributed by atoms with Gasteiger partial charge < -0.3 is 10.1 Å². The average molecular weight is 240 g/mol. The number of pyridine rings is 1. The number of nitrogens with zero attached hydrogens (tertiary/aromatic N) is 1. The molecule has 17 heavy (non-hydrogen) atoms. The maximum atomic E-state index is 13.6. The zero-order chi connectivity index (χ0) is 12.7. The number of rotatable bonds is 7. The average Bonchev–Trinajstić information content (AvgIpc) is 2.30. The van der Waals surface area contributed by atoms with Crippen LogP contribution in [0, 0.1) is 5.82 Å². The number of aromatic nitrogens is 1. The lowest BCUT2D eigenvalue weighted by Gasteiger charge is -2.19. The number of hydrogen-bond acceptors (Lipinski definition) is 3. The van der Waals surface area contributed by atoms with Gasteiger partial charge in [-0.1, -0.05) is 6.92 Å². The highest BCUT2D eigenvalue weighted by Gasteiger charge is 2.16. The largest absolute Gasteiger partial charge is 0.377 e. The third-order valence-corrected chi connectivity index (χ3v) is 2.35. The van der Waals surface area contributed by atoms with Gasteiger partial charge in [-0.2, -0.15) is 0 Å². The molecule has 0 spiro atoms. The number of nitrogens with one attached hydrogen (secondary N) is 1. The molecule has 1 N–H and O–H groups in total.